The number of carbonyl (C=O) groups excluding carboxylic acids is 2. The smallest absolute Gasteiger partial charge is 0.349 e. The molecule has 2 aliphatic heterocycles. The van der Waals surface area contributed by atoms with Crippen molar-refractivity contribution in [3.05, 3.63) is 34.8 Å². The van der Waals surface area contributed by atoms with Crippen LogP contribution < -0.4 is 15.4 Å². The second kappa shape index (κ2) is 10.8. The lowest BCUT2D eigenvalue weighted by atomic mass is 9.77. The van der Waals surface area contributed by atoms with E-state index in [-0.39, 0.29) is 9.09 Å². The molecule has 4 heterocycles. The van der Waals surface area contributed by atoms with E-state index in [4.69, 9.17) is 15.2 Å². The maximum absolute atomic E-state index is 12.7. The molecule has 0 spiro atoms. The lowest BCUT2D eigenvalue weighted by molar-refractivity contribution is -0.141. The number of primary amides is 1. The molecule has 206 valence electrons. The van der Waals surface area contributed by atoms with Crippen molar-refractivity contribution in [1.29, 1.82) is 0 Å². The van der Waals surface area contributed by atoms with Crippen LogP contribution in [0.3, 0.4) is 0 Å². The Morgan fingerprint density at radius 1 is 1.18 bits per heavy atom. The number of hydrogen-bond donors (Lipinski definition) is 1. The fraction of sp³-hybridized carbons (Fsp3) is 0.577. The van der Waals surface area contributed by atoms with Crippen LogP contribution in [0.5, 0.6) is 5.75 Å². The molecule has 2 aromatic rings. The van der Waals surface area contributed by atoms with Gasteiger partial charge in [0.1, 0.15) is 20.7 Å². The molecule has 0 aromatic carbocycles. The number of anilines is 1. The van der Waals surface area contributed by atoms with Gasteiger partial charge in [0.25, 0.3) is 5.91 Å². The Labute approximate surface area is 227 Å². The molecule has 1 aliphatic carbocycles. The Morgan fingerprint density at radius 3 is 2.58 bits per heavy atom. The average Bonchev–Trinajstić information content (AvgIpc) is 3.59. The van der Waals surface area contributed by atoms with Gasteiger partial charge in [0, 0.05) is 50.6 Å². The van der Waals surface area contributed by atoms with E-state index in [0.717, 1.165) is 94.2 Å². The van der Waals surface area contributed by atoms with Gasteiger partial charge in [-0.05, 0) is 62.8 Å². The molecule has 2 aromatic heterocycles. The van der Waals surface area contributed by atoms with Crippen molar-refractivity contribution in [2.24, 2.45) is 11.7 Å². The molecule has 0 unspecified atom stereocenters. The van der Waals surface area contributed by atoms with Gasteiger partial charge in [0.2, 0.25) is 0 Å². The minimum atomic E-state index is -3.42. The predicted molar refractivity (Wildman–Crippen MR) is 143 cm³/mol. The molecule has 2 N–H and O–H groups in total. The SMILES string of the molecule is CS(=O)(=O)c1ccc(C(=O)OC2(C(N)=O)CCC(CCN3CCN(c4nccc5c4CCO5)CC3)CC2)s1. The first-order chi connectivity index (χ1) is 18.1. The van der Waals surface area contributed by atoms with Crippen molar-refractivity contribution < 1.29 is 27.5 Å². The Morgan fingerprint density at radius 2 is 1.92 bits per heavy atom. The number of hydrogen-bond acceptors (Lipinski definition) is 10. The molecule has 0 bridgehead atoms. The lowest BCUT2D eigenvalue weighted by Crippen LogP contribution is -2.50. The third-order valence-corrected chi connectivity index (χ3v) is 10.8. The Kier molecular flexibility index (Phi) is 7.65. The zero-order valence-corrected chi connectivity index (χ0v) is 23.2. The number of ether oxygens (including phenoxy) is 2. The second-order valence-electron chi connectivity index (χ2n) is 10.4. The first-order valence-corrected chi connectivity index (χ1v) is 15.8. The van der Waals surface area contributed by atoms with Crippen LogP contribution in [0.15, 0.2) is 28.6 Å². The van der Waals surface area contributed by atoms with Gasteiger partial charge in [-0.1, -0.05) is 0 Å². The van der Waals surface area contributed by atoms with E-state index in [1.165, 1.54) is 17.7 Å². The maximum Gasteiger partial charge on any atom is 0.349 e. The molecule has 0 atom stereocenters. The minimum absolute atomic E-state index is 0.0834. The van der Waals surface area contributed by atoms with Gasteiger partial charge in [-0.2, -0.15) is 0 Å². The summed E-state index contributed by atoms with van der Waals surface area (Å²) in [7, 11) is -3.42. The number of piperazine rings is 1. The summed E-state index contributed by atoms with van der Waals surface area (Å²) < 4.78 is 34.9. The number of thiophene rings is 1. The highest BCUT2D eigenvalue weighted by Crippen LogP contribution is 2.38. The molecule has 1 saturated carbocycles. The van der Waals surface area contributed by atoms with E-state index in [1.54, 1.807) is 0 Å². The summed E-state index contributed by atoms with van der Waals surface area (Å²) in [6.07, 6.45) is 7.08. The van der Waals surface area contributed by atoms with E-state index in [9.17, 15) is 18.0 Å². The topological polar surface area (TPSA) is 132 Å². The molecule has 1 amide bonds. The third kappa shape index (κ3) is 5.67. The van der Waals surface area contributed by atoms with Crippen LogP contribution in [-0.2, 0) is 25.8 Å². The number of amides is 1. The van der Waals surface area contributed by atoms with Crippen molar-refractivity contribution >= 4 is 38.9 Å². The summed E-state index contributed by atoms with van der Waals surface area (Å²) in [4.78, 5) is 34.7. The molecule has 12 heteroatoms. The monoisotopic (exact) mass is 562 g/mol. The number of aromatic nitrogens is 1. The van der Waals surface area contributed by atoms with Gasteiger partial charge in [0.15, 0.2) is 15.4 Å². The number of nitrogens with two attached hydrogens (primary N) is 1. The van der Waals surface area contributed by atoms with Crippen LogP contribution >= 0.6 is 11.3 Å². The lowest BCUT2D eigenvalue weighted by Gasteiger charge is -2.39. The Bertz CT molecular complexity index is 1290. The summed E-state index contributed by atoms with van der Waals surface area (Å²) in [5.41, 5.74) is 5.57. The number of nitrogens with zero attached hydrogens (tertiary/aromatic N) is 3. The van der Waals surface area contributed by atoms with Crippen molar-refractivity contribution in [2.75, 3.05) is 50.5 Å². The number of esters is 1. The van der Waals surface area contributed by atoms with Crippen molar-refractivity contribution in [2.45, 2.75) is 48.3 Å². The number of sulfone groups is 1. The maximum atomic E-state index is 12.7. The van der Waals surface area contributed by atoms with Gasteiger partial charge < -0.3 is 20.1 Å². The largest absolute Gasteiger partial charge is 0.493 e. The highest BCUT2D eigenvalue weighted by Gasteiger charge is 2.44. The molecule has 2 fully saturated rings. The Balaban J connectivity index is 1.10. The molecule has 5 rings (SSSR count). The fourth-order valence-corrected chi connectivity index (χ4v) is 7.41. The van der Waals surface area contributed by atoms with E-state index in [1.807, 2.05) is 12.3 Å². The normalized spacial score (nSPS) is 24.0. The Hall–Kier alpha value is -2.70. The zero-order chi connectivity index (χ0) is 26.9. The average molecular weight is 563 g/mol. The highest BCUT2D eigenvalue weighted by molar-refractivity contribution is 7.92. The number of rotatable bonds is 8. The standard InChI is InChI=1S/C26H34N4O6S2/c1-38(33,34)22-3-2-21(37-22)24(31)36-26(25(27)32)9-4-18(5-10-26)7-12-29-13-15-30(16-14-29)23-19-8-17-35-20(19)6-11-28-23/h2-3,6,11,18H,4-5,7-10,12-17H2,1H3,(H2,27,32). The summed E-state index contributed by atoms with van der Waals surface area (Å²) in [6.45, 7) is 5.51. The predicted octanol–water partition coefficient (Wildman–Crippen LogP) is 2.26. The van der Waals surface area contributed by atoms with E-state index in [2.05, 4.69) is 14.8 Å². The summed E-state index contributed by atoms with van der Waals surface area (Å²) in [5.74, 6) is 1.09. The summed E-state index contributed by atoms with van der Waals surface area (Å²) >= 11 is 0.842. The minimum Gasteiger partial charge on any atom is -0.493 e. The van der Waals surface area contributed by atoms with Crippen LogP contribution in [-0.4, -0.2) is 81.4 Å². The van der Waals surface area contributed by atoms with Crippen LogP contribution in [0, 0.1) is 5.92 Å². The first kappa shape index (κ1) is 26.9. The van der Waals surface area contributed by atoms with E-state index < -0.39 is 27.3 Å². The van der Waals surface area contributed by atoms with Gasteiger partial charge >= 0.3 is 5.97 Å². The molecule has 0 radical (unpaired) electrons. The van der Waals surface area contributed by atoms with Crippen molar-refractivity contribution in [3.8, 4) is 5.75 Å². The van der Waals surface area contributed by atoms with Crippen LogP contribution in [0.4, 0.5) is 5.82 Å². The molecule has 38 heavy (non-hydrogen) atoms. The summed E-state index contributed by atoms with van der Waals surface area (Å²) in [6, 6.07) is 4.73. The molecular formula is C26H34N4O6S2. The first-order valence-electron chi connectivity index (χ1n) is 13.1. The zero-order valence-electron chi connectivity index (χ0n) is 21.6. The fourth-order valence-electron chi connectivity index (χ4n) is 5.61. The van der Waals surface area contributed by atoms with E-state index in [0.29, 0.717) is 18.8 Å². The van der Waals surface area contributed by atoms with Crippen LogP contribution in [0.25, 0.3) is 0 Å². The molecule has 3 aliphatic rings. The number of pyridine rings is 1. The molecule has 10 nitrogen and oxygen atoms in total. The van der Waals surface area contributed by atoms with E-state index >= 15 is 0 Å². The van der Waals surface area contributed by atoms with Gasteiger partial charge in [-0.15, -0.1) is 11.3 Å². The number of fused-ring (bicyclic) bond motifs is 1. The van der Waals surface area contributed by atoms with Gasteiger partial charge in [-0.3, -0.25) is 9.69 Å². The second-order valence-corrected chi connectivity index (χ2v) is 13.7. The van der Waals surface area contributed by atoms with Crippen molar-refractivity contribution in [3.63, 3.8) is 0 Å². The summed E-state index contributed by atoms with van der Waals surface area (Å²) in [5, 5.41) is 0. The van der Waals surface area contributed by atoms with Crippen LogP contribution in [0.2, 0.25) is 0 Å². The highest BCUT2D eigenvalue weighted by atomic mass is 32.2. The van der Waals surface area contributed by atoms with Crippen molar-refractivity contribution in [1.82, 2.24) is 9.88 Å². The van der Waals surface area contributed by atoms with Gasteiger partial charge in [0.05, 0.1) is 6.61 Å². The molecule has 1 saturated heterocycles. The number of carbonyl (C=O) groups is 2. The van der Waals surface area contributed by atoms with Gasteiger partial charge in [-0.25, -0.2) is 18.2 Å². The van der Waals surface area contributed by atoms with Crippen LogP contribution in [0.1, 0.15) is 47.3 Å². The third-order valence-electron chi connectivity index (χ3n) is 7.92. The quantitative estimate of drug-likeness (QED) is 0.481. The molecular weight excluding hydrogens is 528 g/mol.